The van der Waals surface area contributed by atoms with Crippen molar-refractivity contribution in [1.82, 2.24) is 5.32 Å². The second-order valence-corrected chi connectivity index (χ2v) is 4.41. The summed E-state index contributed by atoms with van der Waals surface area (Å²) >= 11 is 0. The van der Waals surface area contributed by atoms with Crippen LogP contribution in [0.5, 0.6) is 0 Å². The van der Waals surface area contributed by atoms with Gasteiger partial charge in [-0.25, -0.2) is 0 Å². The Kier molecular flexibility index (Phi) is 5.53. The molecule has 0 bridgehead atoms. The van der Waals surface area contributed by atoms with Crippen LogP contribution in [0.2, 0.25) is 0 Å². The van der Waals surface area contributed by atoms with Crippen LogP contribution in [0.25, 0.3) is 0 Å². The highest BCUT2D eigenvalue weighted by atomic mass is 16.1. The molecule has 0 atom stereocenters. The third-order valence-electron chi connectivity index (χ3n) is 2.61. The van der Waals surface area contributed by atoms with Gasteiger partial charge >= 0.3 is 0 Å². The molecule has 1 aromatic carbocycles. The van der Waals surface area contributed by atoms with Crippen molar-refractivity contribution in [1.29, 1.82) is 0 Å². The molecule has 3 nitrogen and oxygen atoms in total. The van der Waals surface area contributed by atoms with Gasteiger partial charge in [-0.15, -0.1) is 0 Å². The average molecular weight is 234 g/mol. The lowest BCUT2D eigenvalue weighted by atomic mass is 10.0. The summed E-state index contributed by atoms with van der Waals surface area (Å²) in [5.74, 6) is 0.625. The standard InChI is InChI=1S/C14H22N2O/c1-4-15-14(17)8-9-16-13-7-5-6-12(10-13)11(2)3/h5-7,10-11,16H,4,8-9H2,1-3H3,(H,15,17). The average Bonchev–Trinajstić information content (AvgIpc) is 2.30. The maximum atomic E-state index is 11.3. The van der Waals surface area contributed by atoms with Gasteiger partial charge in [-0.05, 0) is 30.5 Å². The fourth-order valence-electron chi connectivity index (χ4n) is 1.61. The molecule has 0 heterocycles. The van der Waals surface area contributed by atoms with Crippen LogP contribution < -0.4 is 10.6 Å². The number of carbonyl (C=O) groups excluding carboxylic acids is 1. The lowest BCUT2D eigenvalue weighted by molar-refractivity contribution is -0.120. The third-order valence-corrected chi connectivity index (χ3v) is 2.61. The number of carbonyl (C=O) groups is 1. The first kappa shape index (κ1) is 13.6. The normalized spacial score (nSPS) is 10.4. The fraction of sp³-hybridized carbons (Fsp3) is 0.500. The zero-order valence-electron chi connectivity index (χ0n) is 10.9. The quantitative estimate of drug-likeness (QED) is 0.794. The summed E-state index contributed by atoms with van der Waals surface area (Å²) in [6.45, 7) is 7.65. The van der Waals surface area contributed by atoms with Gasteiger partial charge in [-0.1, -0.05) is 26.0 Å². The van der Waals surface area contributed by atoms with Crippen LogP contribution in [0, 0.1) is 0 Å². The summed E-state index contributed by atoms with van der Waals surface area (Å²) < 4.78 is 0. The molecule has 0 saturated carbocycles. The zero-order valence-corrected chi connectivity index (χ0v) is 10.9. The first-order valence-electron chi connectivity index (χ1n) is 6.24. The highest BCUT2D eigenvalue weighted by Crippen LogP contribution is 2.18. The van der Waals surface area contributed by atoms with Gasteiger partial charge in [0.15, 0.2) is 0 Å². The summed E-state index contributed by atoms with van der Waals surface area (Å²) in [6.07, 6.45) is 0.514. The van der Waals surface area contributed by atoms with Crippen molar-refractivity contribution in [2.45, 2.75) is 33.1 Å². The number of hydrogen-bond donors (Lipinski definition) is 2. The molecule has 0 aliphatic rings. The maximum Gasteiger partial charge on any atom is 0.221 e. The van der Waals surface area contributed by atoms with Crippen molar-refractivity contribution in [3.63, 3.8) is 0 Å². The summed E-state index contributed by atoms with van der Waals surface area (Å²) in [5, 5.41) is 6.05. The molecule has 0 unspecified atom stereocenters. The van der Waals surface area contributed by atoms with Crippen LogP contribution in [0.3, 0.4) is 0 Å². The Morgan fingerprint density at radius 2 is 2.12 bits per heavy atom. The first-order chi connectivity index (χ1) is 8.13. The predicted molar refractivity (Wildman–Crippen MR) is 72.3 cm³/mol. The van der Waals surface area contributed by atoms with E-state index < -0.39 is 0 Å². The molecule has 3 heteroatoms. The van der Waals surface area contributed by atoms with Gasteiger partial charge in [0.05, 0.1) is 0 Å². The summed E-state index contributed by atoms with van der Waals surface area (Å²) in [5.41, 5.74) is 2.40. The van der Waals surface area contributed by atoms with Crippen LogP contribution in [0.15, 0.2) is 24.3 Å². The molecule has 0 fully saturated rings. The molecule has 2 N–H and O–H groups in total. The molecule has 0 aliphatic heterocycles. The van der Waals surface area contributed by atoms with E-state index >= 15 is 0 Å². The lowest BCUT2D eigenvalue weighted by Gasteiger charge is -2.10. The molecule has 0 aliphatic carbocycles. The number of hydrogen-bond acceptors (Lipinski definition) is 2. The van der Waals surface area contributed by atoms with E-state index in [1.165, 1.54) is 5.56 Å². The predicted octanol–water partition coefficient (Wildman–Crippen LogP) is 2.75. The van der Waals surface area contributed by atoms with Gasteiger partial charge in [0.25, 0.3) is 0 Å². The second-order valence-electron chi connectivity index (χ2n) is 4.41. The molecule has 0 radical (unpaired) electrons. The summed E-state index contributed by atoms with van der Waals surface area (Å²) in [4.78, 5) is 11.3. The van der Waals surface area contributed by atoms with E-state index in [4.69, 9.17) is 0 Å². The van der Waals surface area contributed by atoms with E-state index in [1.807, 2.05) is 19.1 Å². The van der Waals surface area contributed by atoms with Crippen molar-refractivity contribution in [2.75, 3.05) is 18.4 Å². The van der Waals surface area contributed by atoms with Crippen LogP contribution in [-0.2, 0) is 4.79 Å². The van der Waals surface area contributed by atoms with Crippen molar-refractivity contribution >= 4 is 11.6 Å². The van der Waals surface area contributed by atoms with E-state index in [-0.39, 0.29) is 5.91 Å². The van der Waals surface area contributed by atoms with E-state index in [1.54, 1.807) is 0 Å². The molecule has 1 rings (SSSR count). The molecule has 1 aromatic rings. The third kappa shape index (κ3) is 4.89. The molecule has 0 saturated heterocycles. The minimum atomic E-state index is 0.0972. The van der Waals surface area contributed by atoms with E-state index in [9.17, 15) is 4.79 Å². The number of benzene rings is 1. The topological polar surface area (TPSA) is 41.1 Å². The number of nitrogens with one attached hydrogen (secondary N) is 2. The zero-order chi connectivity index (χ0) is 12.7. The van der Waals surface area contributed by atoms with Crippen LogP contribution >= 0.6 is 0 Å². The van der Waals surface area contributed by atoms with Crippen molar-refractivity contribution in [3.05, 3.63) is 29.8 Å². The van der Waals surface area contributed by atoms with Gasteiger partial charge in [0, 0.05) is 25.2 Å². The SMILES string of the molecule is CCNC(=O)CCNc1cccc(C(C)C)c1. The molecule has 94 valence electrons. The first-order valence-corrected chi connectivity index (χ1v) is 6.24. The number of rotatable bonds is 6. The van der Waals surface area contributed by atoms with E-state index in [0.29, 0.717) is 25.4 Å². The molecular weight excluding hydrogens is 212 g/mol. The van der Waals surface area contributed by atoms with Crippen molar-refractivity contribution < 1.29 is 4.79 Å². The van der Waals surface area contributed by atoms with Gasteiger partial charge in [0.1, 0.15) is 0 Å². The number of anilines is 1. The molecule has 1 amide bonds. The van der Waals surface area contributed by atoms with E-state index in [0.717, 1.165) is 5.69 Å². The minimum Gasteiger partial charge on any atom is -0.385 e. The maximum absolute atomic E-state index is 11.3. The summed E-state index contributed by atoms with van der Waals surface area (Å²) in [7, 11) is 0. The molecular formula is C14H22N2O. The van der Waals surface area contributed by atoms with Gasteiger partial charge in [0.2, 0.25) is 5.91 Å². The van der Waals surface area contributed by atoms with Gasteiger partial charge in [-0.3, -0.25) is 4.79 Å². The largest absolute Gasteiger partial charge is 0.385 e. The van der Waals surface area contributed by atoms with Gasteiger partial charge in [-0.2, -0.15) is 0 Å². The summed E-state index contributed by atoms with van der Waals surface area (Å²) in [6, 6.07) is 8.34. The lowest BCUT2D eigenvalue weighted by Crippen LogP contribution is -2.24. The van der Waals surface area contributed by atoms with Crippen molar-refractivity contribution in [3.8, 4) is 0 Å². The molecule has 0 aromatic heterocycles. The Hall–Kier alpha value is -1.51. The Bertz CT molecular complexity index is 361. The Morgan fingerprint density at radius 3 is 2.76 bits per heavy atom. The smallest absolute Gasteiger partial charge is 0.221 e. The van der Waals surface area contributed by atoms with Crippen LogP contribution in [-0.4, -0.2) is 19.0 Å². The van der Waals surface area contributed by atoms with Gasteiger partial charge < -0.3 is 10.6 Å². The second kappa shape index (κ2) is 6.94. The molecule has 17 heavy (non-hydrogen) atoms. The fourth-order valence-corrected chi connectivity index (χ4v) is 1.61. The van der Waals surface area contributed by atoms with Crippen LogP contribution in [0.4, 0.5) is 5.69 Å². The highest BCUT2D eigenvalue weighted by Gasteiger charge is 2.01. The van der Waals surface area contributed by atoms with Crippen molar-refractivity contribution in [2.24, 2.45) is 0 Å². The Labute approximate surface area is 104 Å². The Balaban J connectivity index is 2.41. The molecule has 0 spiro atoms. The van der Waals surface area contributed by atoms with E-state index in [2.05, 4.69) is 36.6 Å². The minimum absolute atomic E-state index is 0.0972. The van der Waals surface area contributed by atoms with Crippen LogP contribution in [0.1, 0.15) is 38.7 Å². The monoisotopic (exact) mass is 234 g/mol. The Morgan fingerprint density at radius 1 is 1.35 bits per heavy atom. The number of amides is 1. The highest BCUT2D eigenvalue weighted by molar-refractivity contribution is 5.76.